The van der Waals surface area contributed by atoms with Crippen molar-refractivity contribution in [1.29, 1.82) is 0 Å². The molecule has 0 atom stereocenters. The van der Waals surface area contributed by atoms with Gasteiger partial charge in [0.15, 0.2) is 12.0 Å². The Hall–Kier alpha value is -2.14. The first-order chi connectivity index (χ1) is 9.72. The summed E-state index contributed by atoms with van der Waals surface area (Å²) < 4.78 is 6.18. The Morgan fingerprint density at radius 2 is 2.00 bits per heavy atom. The summed E-state index contributed by atoms with van der Waals surface area (Å²) in [6.07, 6.45) is 1.41. The molecule has 0 radical (unpaired) electrons. The van der Waals surface area contributed by atoms with E-state index in [2.05, 4.69) is 26.2 Å². The van der Waals surface area contributed by atoms with E-state index in [9.17, 15) is 4.79 Å². The van der Waals surface area contributed by atoms with Gasteiger partial charge in [-0.1, -0.05) is 22.0 Å². The van der Waals surface area contributed by atoms with Crippen LogP contribution in [0.15, 0.2) is 57.7 Å². The Morgan fingerprint density at radius 3 is 2.80 bits per heavy atom. The van der Waals surface area contributed by atoms with Crippen LogP contribution in [0.1, 0.15) is 15.9 Å². The van der Waals surface area contributed by atoms with Crippen LogP contribution in [0.4, 0.5) is 0 Å². The minimum Gasteiger partial charge on any atom is -0.443 e. The van der Waals surface area contributed by atoms with Crippen LogP contribution in [0.2, 0.25) is 0 Å². The number of carbonyl (C=O) groups is 1. The van der Waals surface area contributed by atoms with E-state index in [-0.39, 0.29) is 5.91 Å². The molecule has 4 nitrogen and oxygen atoms in total. The van der Waals surface area contributed by atoms with Crippen LogP contribution in [-0.2, 0) is 6.54 Å². The lowest BCUT2D eigenvalue weighted by Gasteiger charge is -2.05. The summed E-state index contributed by atoms with van der Waals surface area (Å²) in [5.41, 5.74) is 3.14. The molecule has 0 unspecified atom stereocenters. The predicted molar refractivity (Wildman–Crippen MR) is 79.3 cm³/mol. The number of rotatable bonds is 3. The van der Waals surface area contributed by atoms with Crippen molar-refractivity contribution in [3.05, 3.63) is 64.5 Å². The Bertz CT molecular complexity index is 750. The van der Waals surface area contributed by atoms with Gasteiger partial charge in [0.1, 0.15) is 5.52 Å². The van der Waals surface area contributed by atoms with Crippen molar-refractivity contribution < 1.29 is 9.21 Å². The average molecular weight is 331 g/mol. The molecule has 0 aliphatic rings. The first kappa shape index (κ1) is 12.9. The molecule has 5 heteroatoms. The third kappa shape index (κ3) is 2.72. The smallest absolute Gasteiger partial charge is 0.251 e. The maximum absolute atomic E-state index is 12.0. The van der Waals surface area contributed by atoms with E-state index in [4.69, 9.17) is 4.42 Å². The number of aromatic nitrogens is 1. The van der Waals surface area contributed by atoms with Gasteiger partial charge in [0, 0.05) is 16.6 Å². The molecule has 1 heterocycles. The summed E-state index contributed by atoms with van der Waals surface area (Å²) in [6.45, 7) is 0.450. The number of nitrogens with zero attached hydrogens (tertiary/aromatic N) is 1. The van der Waals surface area contributed by atoms with Crippen LogP contribution in [0.5, 0.6) is 0 Å². The molecule has 0 aliphatic carbocycles. The van der Waals surface area contributed by atoms with Crippen LogP contribution in [0, 0.1) is 0 Å². The molecule has 0 fully saturated rings. The zero-order valence-electron chi connectivity index (χ0n) is 10.5. The number of nitrogens with one attached hydrogen (secondary N) is 1. The molecule has 3 aromatic rings. The summed E-state index contributed by atoms with van der Waals surface area (Å²) >= 11 is 3.34. The van der Waals surface area contributed by atoms with Gasteiger partial charge in [-0.15, -0.1) is 0 Å². The highest BCUT2D eigenvalue weighted by molar-refractivity contribution is 9.10. The first-order valence-corrected chi connectivity index (χ1v) is 6.87. The van der Waals surface area contributed by atoms with E-state index in [1.54, 1.807) is 12.1 Å². The van der Waals surface area contributed by atoms with Crippen LogP contribution < -0.4 is 5.32 Å². The average Bonchev–Trinajstić information content (AvgIpc) is 2.93. The molecule has 0 bridgehead atoms. The monoisotopic (exact) mass is 330 g/mol. The number of carbonyl (C=O) groups excluding carboxylic acids is 1. The van der Waals surface area contributed by atoms with Crippen molar-refractivity contribution in [2.24, 2.45) is 0 Å². The molecular weight excluding hydrogens is 320 g/mol. The van der Waals surface area contributed by atoms with E-state index in [1.165, 1.54) is 6.39 Å². The number of fused-ring (bicyclic) bond motifs is 1. The second-order valence-electron chi connectivity index (χ2n) is 4.34. The van der Waals surface area contributed by atoms with Gasteiger partial charge in [0.25, 0.3) is 5.91 Å². The minimum absolute atomic E-state index is 0.102. The summed E-state index contributed by atoms with van der Waals surface area (Å²) in [6, 6.07) is 12.9. The highest BCUT2D eigenvalue weighted by atomic mass is 79.9. The van der Waals surface area contributed by atoms with E-state index in [0.29, 0.717) is 12.1 Å². The molecule has 0 aliphatic heterocycles. The molecule has 1 aromatic heterocycles. The molecule has 0 saturated carbocycles. The molecule has 3 rings (SSSR count). The second kappa shape index (κ2) is 5.46. The largest absolute Gasteiger partial charge is 0.443 e. The Labute approximate surface area is 123 Å². The van der Waals surface area contributed by atoms with E-state index >= 15 is 0 Å². The fraction of sp³-hybridized carbons (Fsp3) is 0.0667. The van der Waals surface area contributed by atoms with Crippen molar-refractivity contribution in [2.75, 3.05) is 0 Å². The lowest BCUT2D eigenvalue weighted by molar-refractivity contribution is 0.0951. The SMILES string of the molecule is O=C(NCc1ccc2ncoc2c1)c1ccc(Br)cc1. The van der Waals surface area contributed by atoms with Gasteiger partial charge in [-0.25, -0.2) is 4.98 Å². The lowest BCUT2D eigenvalue weighted by atomic mass is 10.2. The van der Waals surface area contributed by atoms with Crippen LogP contribution in [0.3, 0.4) is 0 Å². The first-order valence-electron chi connectivity index (χ1n) is 6.08. The maximum Gasteiger partial charge on any atom is 0.251 e. The molecule has 1 N–H and O–H groups in total. The summed E-state index contributed by atoms with van der Waals surface area (Å²) in [5.74, 6) is -0.102. The fourth-order valence-electron chi connectivity index (χ4n) is 1.90. The Morgan fingerprint density at radius 1 is 1.20 bits per heavy atom. The number of benzene rings is 2. The highest BCUT2D eigenvalue weighted by Gasteiger charge is 2.06. The standard InChI is InChI=1S/C15H11BrN2O2/c16-12-4-2-11(3-5-12)15(19)17-8-10-1-6-13-14(7-10)20-9-18-13/h1-7,9H,8H2,(H,17,19). The van der Waals surface area contributed by atoms with Gasteiger partial charge in [0.2, 0.25) is 0 Å². The molecule has 1 amide bonds. The molecule has 0 spiro atoms. The van der Waals surface area contributed by atoms with Crippen molar-refractivity contribution in [3.63, 3.8) is 0 Å². The van der Waals surface area contributed by atoms with Gasteiger partial charge < -0.3 is 9.73 Å². The maximum atomic E-state index is 12.0. The lowest BCUT2D eigenvalue weighted by Crippen LogP contribution is -2.22. The number of amides is 1. The number of hydrogen-bond donors (Lipinski definition) is 1. The van der Waals surface area contributed by atoms with Gasteiger partial charge in [-0.05, 0) is 42.0 Å². The molecule has 100 valence electrons. The summed E-state index contributed by atoms with van der Waals surface area (Å²) in [5, 5.41) is 2.88. The van der Waals surface area contributed by atoms with E-state index in [0.717, 1.165) is 21.1 Å². The zero-order chi connectivity index (χ0) is 13.9. The normalized spacial score (nSPS) is 10.7. The quantitative estimate of drug-likeness (QED) is 0.799. The fourth-order valence-corrected chi connectivity index (χ4v) is 2.16. The minimum atomic E-state index is -0.102. The van der Waals surface area contributed by atoms with Gasteiger partial charge in [0.05, 0.1) is 0 Å². The molecular formula is C15H11BrN2O2. The van der Waals surface area contributed by atoms with Gasteiger partial charge in [-0.2, -0.15) is 0 Å². The number of halogens is 1. The van der Waals surface area contributed by atoms with E-state index < -0.39 is 0 Å². The van der Waals surface area contributed by atoms with Gasteiger partial charge >= 0.3 is 0 Å². The van der Waals surface area contributed by atoms with Crippen LogP contribution in [-0.4, -0.2) is 10.9 Å². The van der Waals surface area contributed by atoms with Crippen molar-refractivity contribution in [3.8, 4) is 0 Å². The number of oxazole rings is 1. The third-order valence-corrected chi connectivity index (χ3v) is 3.48. The summed E-state index contributed by atoms with van der Waals surface area (Å²) in [7, 11) is 0. The van der Waals surface area contributed by atoms with Crippen LogP contribution in [0.25, 0.3) is 11.1 Å². The van der Waals surface area contributed by atoms with Crippen molar-refractivity contribution >= 4 is 32.9 Å². The second-order valence-corrected chi connectivity index (χ2v) is 5.26. The highest BCUT2D eigenvalue weighted by Crippen LogP contribution is 2.14. The Balaban J connectivity index is 1.69. The third-order valence-electron chi connectivity index (χ3n) is 2.96. The molecule has 0 saturated heterocycles. The molecule has 20 heavy (non-hydrogen) atoms. The predicted octanol–water partition coefficient (Wildman–Crippen LogP) is 3.52. The number of hydrogen-bond acceptors (Lipinski definition) is 3. The van der Waals surface area contributed by atoms with Crippen LogP contribution >= 0.6 is 15.9 Å². The topological polar surface area (TPSA) is 55.1 Å². The van der Waals surface area contributed by atoms with E-state index in [1.807, 2.05) is 30.3 Å². The van der Waals surface area contributed by atoms with Crippen molar-refractivity contribution in [2.45, 2.75) is 6.54 Å². The summed E-state index contributed by atoms with van der Waals surface area (Å²) in [4.78, 5) is 16.0. The molecule has 2 aromatic carbocycles. The zero-order valence-corrected chi connectivity index (χ0v) is 12.1. The van der Waals surface area contributed by atoms with Crippen molar-refractivity contribution in [1.82, 2.24) is 10.3 Å². The Kier molecular flexibility index (Phi) is 3.52. The van der Waals surface area contributed by atoms with Gasteiger partial charge in [-0.3, -0.25) is 4.79 Å².